The Balaban J connectivity index is 1.59. The van der Waals surface area contributed by atoms with Crippen molar-refractivity contribution < 1.29 is 4.79 Å². The second kappa shape index (κ2) is 10.1. The smallest absolute Gasteiger partial charge is 0.245 e. The first-order chi connectivity index (χ1) is 17.6. The van der Waals surface area contributed by atoms with E-state index in [2.05, 4.69) is 17.1 Å². The lowest BCUT2D eigenvalue weighted by Gasteiger charge is -2.33. The number of fused-ring (bicyclic) bond motifs is 2. The maximum Gasteiger partial charge on any atom is 0.245 e. The maximum absolute atomic E-state index is 14.1. The number of aromatic nitrogens is 1. The van der Waals surface area contributed by atoms with Crippen molar-refractivity contribution in [3.8, 4) is 23.3 Å². The third-order valence-corrected chi connectivity index (χ3v) is 8.93. The predicted molar refractivity (Wildman–Crippen MR) is 145 cm³/mol. The summed E-state index contributed by atoms with van der Waals surface area (Å²) in [5.41, 5.74) is 9.46. The summed E-state index contributed by atoms with van der Waals surface area (Å²) in [6.07, 6.45) is 0.512. The molecule has 4 aromatic rings. The summed E-state index contributed by atoms with van der Waals surface area (Å²) in [6, 6.07) is 21.8. The van der Waals surface area contributed by atoms with Gasteiger partial charge in [0.15, 0.2) is 0 Å². The van der Waals surface area contributed by atoms with Gasteiger partial charge in [0.2, 0.25) is 5.91 Å². The molecule has 0 aliphatic carbocycles. The Kier molecular flexibility index (Phi) is 6.71. The van der Waals surface area contributed by atoms with Crippen LogP contribution in [0, 0.1) is 22.7 Å². The van der Waals surface area contributed by atoms with Crippen LogP contribution in [0.15, 0.2) is 80.2 Å². The number of amides is 1. The Morgan fingerprint density at radius 2 is 1.69 bits per heavy atom. The molecule has 2 N–H and O–H groups in total. The highest BCUT2D eigenvalue weighted by Crippen LogP contribution is 2.49. The van der Waals surface area contributed by atoms with E-state index in [0.717, 1.165) is 26.7 Å². The monoisotopic (exact) mass is 525 g/mol. The minimum Gasteiger partial charge on any atom is -0.383 e. The quantitative estimate of drug-likeness (QED) is 0.284. The summed E-state index contributed by atoms with van der Waals surface area (Å²) in [5, 5.41) is 23.4. The Morgan fingerprint density at radius 1 is 1.06 bits per heavy atom. The molecule has 2 aromatic carbocycles. The van der Waals surface area contributed by atoms with Crippen LogP contribution in [-0.4, -0.2) is 16.1 Å². The normalized spacial score (nSPS) is 12.7. The van der Waals surface area contributed by atoms with Gasteiger partial charge in [0.05, 0.1) is 22.2 Å². The molecule has 1 aliphatic heterocycles. The van der Waals surface area contributed by atoms with Crippen LogP contribution < -0.4 is 10.6 Å². The minimum atomic E-state index is -0.531. The number of nitriles is 2. The number of hydrogen-bond donors (Lipinski definition) is 1. The largest absolute Gasteiger partial charge is 0.383 e. The number of pyridine rings is 1. The molecule has 0 fully saturated rings. The molecule has 36 heavy (non-hydrogen) atoms. The zero-order valence-electron chi connectivity index (χ0n) is 19.1. The average molecular weight is 526 g/mol. The highest BCUT2D eigenvalue weighted by atomic mass is 32.2. The third kappa shape index (κ3) is 4.12. The van der Waals surface area contributed by atoms with E-state index in [-0.39, 0.29) is 22.9 Å². The van der Waals surface area contributed by atoms with E-state index in [1.807, 2.05) is 72.3 Å². The van der Waals surface area contributed by atoms with E-state index in [4.69, 9.17) is 5.73 Å². The molecule has 6 nitrogen and oxygen atoms in total. The Labute approximate surface area is 221 Å². The van der Waals surface area contributed by atoms with Crippen LogP contribution >= 0.6 is 34.9 Å². The predicted octanol–water partition coefficient (Wildman–Crippen LogP) is 6.84. The number of thioether (sulfide) groups is 1. The Bertz CT molecular complexity index is 1510. The second-order valence-electron chi connectivity index (χ2n) is 7.89. The molecule has 0 bridgehead atoms. The van der Waals surface area contributed by atoms with Crippen LogP contribution in [-0.2, 0) is 4.79 Å². The molecule has 3 heterocycles. The summed E-state index contributed by atoms with van der Waals surface area (Å²) in [6.45, 7) is 1.94. The molecule has 0 spiro atoms. The second-order valence-corrected chi connectivity index (χ2v) is 10.9. The van der Waals surface area contributed by atoms with E-state index < -0.39 is 5.25 Å². The molecule has 0 saturated heterocycles. The van der Waals surface area contributed by atoms with Crippen LogP contribution in [0.5, 0.6) is 0 Å². The lowest BCUT2D eigenvalue weighted by atomic mass is 9.99. The number of carbonyl (C=O) groups excluding carboxylic acids is 1. The SMILES string of the molecule is CCC(Sc1nc(N)c(C#N)c(-c2ccsc2)c1C#N)C(=O)N1c2ccccc2Sc2ccccc21. The van der Waals surface area contributed by atoms with Gasteiger partial charge in [0.25, 0.3) is 0 Å². The van der Waals surface area contributed by atoms with Gasteiger partial charge in [-0.25, -0.2) is 4.98 Å². The molecule has 1 unspecified atom stereocenters. The van der Waals surface area contributed by atoms with E-state index in [1.165, 1.54) is 23.1 Å². The van der Waals surface area contributed by atoms with E-state index in [9.17, 15) is 15.3 Å². The van der Waals surface area contributed by atoms with Crippen LogP contribution in [0.25, 0.3) is 11.1 Å². The molecule has 9 heteroatoms. The number of rotatable bonds is 5. The summed E-state index contributed by atoms with van der Waals surface area (Å²) in [7, 11) is 0. The molecular formula is C27H19N5OS3. The molecule has 1 aliphatic rings. The molecule has 1 amide bonds. The van der Waals surface area contributed by atoms with Crippen molar-refractivity contribution in [3.05, 3.63) is 76.5 Å². The fraction of sp³-hybridized carbons (Fsp3) is 0.111. The number of benzene rings is 2. The number of hydrogen-bond acceptors (Lipinski definition) is 8. The van der Waals surface area contributed by atoms with Crippen LogP contribution in [0.2, 0.25) is 0 Å². The van der Waals surface area contributed by atoms with Gasteiger partial charge < -0.3 is 5.73 Å². The highest BCUT2D eigenvalue weighted by Gasteiger charge is 2.33. The summed E-state index contributed by atoms with van der Waals surface area (Å²) in [5.74, 6) is -0.0547. The van der Waals surface area contributed by atoms with Gasteiger partial charge in [-0.05, 0) is 53.1 Å². The van der Waals surface area contributed by atoms with E-state index in [0.29, 0.717) is 17.0 Å². The van der Waals surface area contributed by atoms with Crippen molar-refractivity contribution in [3.63, 3.8) is 0 Å². The summed E-state index contributed by atoms with van der Waals surface area (Å²) in [4.78, 5) is 22.3. The molecular weight excluding hydrogens is 507 g/mol. The molecule has 5 rings (SSSR count). The number of para-hydroxylation sites is 2. The molecule has 0 saturated carbocycles. The Morgan fingerprint density at radius 3 is 2.25 bits per heavy atom. The lowest BCUT2D eigenvalue weighted by molar-refractivity contribution is -0.117. The zero-order chi connectivity index (χ0) is 25.2. The van der Waals surface area contributed by atoms with Crippen LogP contribution in [0.3, 0.4) is 0 Å². The third-order valence-electron chi connectivity index (χ3n) is 5.78. The molecule has 1 atom stereocenters. The topological polar surface area (TPSA) is 107 Å². The van der Waals surface area contributed by atoms with Crippen LogP contribution in [0.1, 0.15) is 24.5 Å². The number of nitrogens with two attached hydrogens (primary N) is 1. The molecule has 176 valence electrons. The average Bonchev–Trinajstić information content (AvgIpc) is 3.44. The van der Waals surface area contributed by atoms with Gasteiger partial charge in [0.1, 0.15) is 28.5 Å². The summed E-state index contributed by atoms with van der Waals surface area (Å²) < 4.78 is 0. The van der Waals surface area contributed by atoms with Gasteiger partial charge in [-0.15, -0.1) is 0 Å². The van der Waals surface area contributed by atoms with E-state index >= 15 is 0 Å². The number of nitrogen functional groups attached to an aromatic ring is 1. The Hall–Kier alpha value is -3.76. The fourth-order valence-corrected chi connectivity index (χ4v) is 6.87. The van der Waals surface area contributed by atoms with Crippen molar-refractivity contribution in [2.75, 3.05) is 10.6 Å². The highest BCUT2D eigenvalue weighted by molar-refractivity contribution is 8.00. The molecule has 0 radical (unpaired) electrons. The van der Waals surface area contributed by atoms with Gasteiger partial charge >= 0.3 is 0 Å². The van der Waals surface area contributed by atoms with Gasteiger partial charge in [-0.1, -0.05) is 54.7 Å². The minimum absolute atomic E-state index is 0.0487. The lowest BCUT2D eigenvalue weighted by Crippen LogP contribution is -2.35. The number of nitrogens with zero attached hydrogens (tertiary/aromatic N) is 4. The van der Waals surface area contributed by atoms with Gasteiger partial charge in [-0.2, -0.15) is 21.9 Å². The number of anilines is 3. The first-order valence-electron chi connectivity index (χ1n) is 11.1. The van der Waals surface area contributed by atoms with Crippen molar-refractivity contribution in [1.82, 2.24) is 4.98 Å². The van der Waals surface area contributed by atoms with Crippen molar-refractivity contribution >= 4 is 58.0 Å². The first-order valence-corrected chi connectivity index (χ1v) is 13.7. The molecule has 2 aromatic heterocycles. The van der Waals surface area contributed by atoms with E-state index in [1.54, 1.807) is 16.7 Å². The standard InChI is InChI=1S/C27H19N5OS3/c1-2-21(27(33)32-19-7-3-5-9-22(19)35-23-10-6-4-8-20(23)32)36-26-18(14-29)24(16-11-12-34-15-16)17(13-28)25(30)31-26/h3-12,15,21H,2H2,1H3,(H2,30,31). The number of carbonyl (C=O) groups is 1. The van der Waals surface area contributed by atoms with Crippen molar-refractivity contribution in [1.29, 1.82) is 10.5 Å². The summed E-state index contributed by atoms with van der Waals surface area (Å²) >= 11 is 4.32. The zero-order valence-corrected chi connectivity index (χ0v) is 21.6. The van der Waals surface area contributed by atoms with Gasteiger partial charge in [0, 0.05) is 15.4 Å². The van der Waals surface area contributed by atoms with Crippen LogP contribution in [0.4, 0.5) is 17.2 Å². The first kappa shape index (κ1) is 24.0. The van der Waals surface area contributed by atoms with Gasteiger partial charge in [-0.3, -0.25) is 9.69 Å². The fourth-order valence-electron chi connectivity index (χ4n) is 4.11. The van der Waals surface area contributed by atoms with Crippen molar-refractivity contribution in [2.24, 2.45) is 0 Å². The van der Waals surface area contributed by atoms with Crippen molar-refractivity contribution in [2.45, 2.75) is 33.4 Å². The number of thiophene rings is 1. The maximum atomic E-state index is 14.1.